The number of rotatable bonds is 6. The SMILES string of the molecule is CCCN(CCO)C(=O)c1ccc([N+](=O)[O-])c(N)c1. The molecule has 0 aromatic heterocycles. The van der Waals surface area contributed by atoms with E-state index < -0.39 is 4.92 Å². The van der Waals surface area contributed by atoms with E-state index in [0.717, 1.165) is 6.42 Å². The topological polar surface area (TPSA) is 110 Å². The van der Waals surface area contributed by atoms with Gasteiger partial charge in [0.15, 0.2) is 0 Å². The lowest BCUT2D eigenvalue weighted by Crippen LogP contribution is -2.34. The predicted molar refractivity (Wildman–Crippen MR) is 70.8 cm³/mol. The van der Waals surface area contributed by atoms with Gasteiger partial charge in [0.1, 0.15) is 5.69 Å². The average molecular weight is 267 g/mol. The summed E-state index contributed by atoms with van der Waals surface area (Å²) in [6.07, 6.45) is 0.758. The first-order chi connectivity index (χ1) is 9.01. The molecule has 0 aliphatic carbocycles. The molecule has 0 aliphatic heterocycles. The highest BCUT2D eigenvalue weighted by atomic mass is 16.6. The largest absolute Gasteiger partial charge is 0.395 e. The molecule has 1 aromatic carbocycles. The van der Waals surface area contributed by atoms with Gasteiger partial charge >= 0.3 is 0 Å². The normalized spacial score (nSPS) is 10.2. The highest BCUT2D eigenvalue weighted by molar-refractivity contribution is 5.95. The van der Waals surface area contributed by atoms with E-state index in [1.807, 2.05) is 6.92 Å². The molecule has 0 heterocycles. The van der Waals surface area contributed by atoms with E-state index in [1.54, 1.807) is 0 Å². The van der Waals surface area contributed by atoms with E-state index in [9.17, 15) is 14.9 Å². The van der Waals surface area contributed by atoms with Crippen LogP contribution in [-0.2, 0) is 0 Å². The van der Waals surface area contributed by atoms with Crippen LogP contribution in [0, 0.1) is 10.1 Å². The van der Waals surface area contributed by atoms with Crippen LogP contribution in [0.1, 0.15) is 23.7 Å². The number of carbonyl (C=O) groups is 1. The molecule has 7 heteroatoms. The highest BCUT2D eigenvalue weighted by Crippen LogP contribution is 2.22. The second-order valence-electron chi connectivity index (χ2n) is 4.05. The number of anilines is 1. The summed E-state index contributed by atoms with van der Waals surface area (Å²) < 4.78 is 0. The zero-order chi connectivity index (χ0) is 14.4. The monoisotopic (exact) mass is 267 g/mol. The summed E-state index contributed by atoms with van der Waals surface area (Å²) in [5.74, 6) is -0.294. The molecule has 104 valence electrons. The zero-order valence-corrected chi connectivity index (χ0v) is 10.7. The number of nitrogens with two attached hydrogens (primary N) is 1. The third kappa shape index (κ3) is 3.65. The summed E-state index contributed by atoms with van der Waals surface area (Å²) in [6.45, 7) is 2.52. The van der Waals surface area contributed by atoms with Crippen LogP contribution in [0.3, 0.4) is 0 Å². The van der Waals surface area contributed by atoms with Crippen LogP contribution in [0.25, 0.3) is 0 Å². The molecule has 0 saturated heterocycles. The predicted octanol–water partition coefficient (Wildman–Crippen LogP) is 1.02. The van der Waals surface area contributed by atoms with Crippen LogP contribution in [-0.4, -0.2) is 40.5 Å². The summed E-state index contributed by atoms with van der Waals surface area (Å²) in [5, 5.41) is 19.6. The lowest BCUT2D eigenvalue weighted by atomic mass is 10.1. The van der Waals surface area contributed by atoms with Crippen molar-refractivity contribution < 1.29 is 14.8 Å². The molecule has 3 N–H and O–H groups in total. The lowest BCUT2D eigenvalue weighted by molar-refractivity contribution is -0.383. The van der Waals surface area contributed by atoms with Gasteiger partial charge in [-0.1, -0.05) is 6.92 Å². The Hall–Kier alpha value is -2.15. The first-order valence-corrected chi connectivity index (χ1v) is 5.95. The molecule has 0 unspecified atom stereocenters. The third-order valence-corrected chi connectivity index (χ3v) is 2.62. The number of hydrogen-bond acceptors (Lipinski definition) is 5. The number of nitrogen functional groups attached to an aromatic ring is 1. The van der Waals surface area contributed by atoms with Crippen molar-refractivity contribution >= 4 is 17.3 Å². The molecular weight excluding hydrogens is 250 g/mol. The van der Waals surface area contributed by atoms with E-state index in [-0.39, 0.29) is 36.0 Å². The number of carbonyl (C=O) groups excluding carboxylic acids is 1. The Kier molecular flexibility index (Phi) is 5.25. The quantitative estimate of drug-likeness (QED) is 0.454. The molecule has 0 atom stereocenters. The molecule has 0 spiro atoms. The first-order valence-electron chi connectivity index (χ1n) is 5.95. The number of nitro groups is 1. The molecule has 1 aromatic rings. The summed E-state index contributed by atoms with van der Waals surface area (Å²) in [6, 6.07) is 3.88. The summed E-state index contributed by atoms with van der Waals surface area (Å²) >= 11 is 0. The van der Waals surface area contributed by atoms with Gasteiger partial charge in [0.25, 0.3) is 11.6 Å². The second kappa shape index (κ2) is 6.69. The van der Waals surface area contributed by atoms with Gasteiger partial charge in [-0.25, -0.2) is 0 Å². The first kappa shape index (κ1) is 14.9. The molecule has 0 saturated carbocycles. The minimum atomic E-state index is -0.596. The van der Waals surface area contributed by atoms with Crippen LogP contribution >= 0.6 is 0 Å². The average Bonchev–Trinajstić information content (AvgIpc) is 2.37. The Labute approximate surface area is 110 Å². The fourth-order valence-electron chi connectivity index (χ4n) is 1.74. The van der Waals surface area contributed by atoms with E-state index in [2.05, 4.69) is 0 Å². The van der Waals surface area contributed by atoms with Crippen LogP contribution in [0.5, 0.6) is 0 Å². The van der Waals surface area contributed by atoms with Crippen LogP contribution in [0.4, 0.5) is 11.4 Å². The number of aliphatic hydroxyl groups is 1. The number of nitrogens with zero attached hydrogens (tertiary/aromatic N) is 2. The minimum Gasteiger partial charge on any atom is -0.395 e. The van der Waals surface area contributed by atoms with E-state index in [1.165, 1.54) is 23.1 Å². The maximum Gasteiger partial charge on any atom is 0.292 e. The molecule has 7 nitrogen and oxygen atoms in total. The number of aliphatic hydroxyl groups excluding tert-OH is 1. The van der Waals surface area contributed by atoms with Gasteiger partial charge in [0.05, 0.1) is 11.5 Å². The van der Waals surface area contributed by atoms with Gasteiger partial charge in [-0.2, -0.15) is 0 Å². The summed E-state index contributed by atoms with van der Waals surface area (Å²) in [5.41, 5.74) is 5.56. The third-order valence-electron chi connectivity index (χ3n) is 2.62. The molecule has 0 aliphatic rings. The minimum absolute atomic E-state index is 0.0451. The number of benzene rings is 1. The maximum atomic E-state index is 12.1. The highest BCUT2D eigenvalue weighted by Gasteiger charge is 2.18. The molecule has 0 fully saturated rings. The van der Waals surface area contributed by atoms with Crippen LogP contribution in [0.2, 0.25) is 0 Å². The number of nitro benzene ring substituents is 1. The Bertz CT molecular complexity index is 470. The van der Waals surface area contributed by atoms with Crippen molar-refractivity contribution in [2.24, 2.45) is 0 Å². The van der Waals surface area contributed by atoms with Gasteiger partial charge in [-0.15, -0.1) is 0 Å². The molecule has 1 rings (SSSR count). The van der Waals surface area contributed by atoms with Gasteiger partial charge in [0, 0.05) is 24.7 Å². The Morgan fingerprint density at radius 3 is 2.63 bits per heavy atom. The van der Waals surface area contributed by atoms with Crippen LogP contribution < -0.4 is 5.73 Å². The second-order valence-corrected chi connectivity index (χ2v) is 4.05. The van der Waals surface area contributed by atoms with Crippen molar-refractivity contribution in [1.29, 1.82) is 0 Å². The molecule has 19 heavy (non-hydrogen) atoms. The lowest BCUT2D eigenvalue weighted by Gasteiger charge is -2.21. The Balaban J connectivity index is 2.98. The number of amides is 1. The van der Waals surface area contributed by atoms with Crippen molar-refractivity contribution in [2.45, 2.75) is 13.3 Å². The van der Waals surface area contributed by atoms with Crippen molar-refractivity contribution in [1.82, 2.24) is 4.90 Å². The van der Waals surface area contributed by atoms with Crippen LogP contribution in [0.15, 0.2) is 18.2 Å². The van der Waals surface area contributed by atoms with E-state index in [4.69, 9.17) is 10.8 Å². The maximum absolute atomic E-state index is 12.1. The fourth-order valence-corrected chi connectivity index (χ4v) is 1.74. The molecular formula is C12H17N3O4. The molecule has 0 bridgehead atoms. The van der Waals surface area contributed by atoms with Gasteiger partial charge < -0.3 is 15.7 Å². The fraction of sp³-hybridized carbons (Fsp3) is 0.417. The van der Waals surface area contributed by atoms with Gasteiger partial charge in [-0.3, -0.25) is 14.9 Å². The number of hydrogen-bond donors (Lipinski definition) is 2. The van der Waals surface area contributed by atoms with Crippen molar-refractivity contribution in [3.8, 4) is 0 Å². The van der Waals surface area contributed by atoms with Gasteiger partial charge in [0.2, 0.25) is 0 Å². The van der Waals surface area contributed by atoms with Crippen molar-refractivity contribution in [2.75, 3.05) is 25.4 Å². The van der Waals surface area contributed by atoms with Crippen molar-refractivity contribution in [3.05, 3.63) is 33.9 Å². The summed E-state index contributed by atoms with van der Waals surface area (Å²) in [4.78, 5) is 23.7. The molecule has 0 radical (unpaired) electrons. The standard InChI is InChI=1S/C12H17N3O4/c1-2-5-14(6-7-16)12(17)9-3-4-11(15(18)19)10(13)8-9/h3-4,8,16H,2,5-7,13H2,1H3. The van der Waals surface area contributed by atoms with Crippen molar-refractivity contribution in [3.63, 3.8) is 0 Å². The Morgan fingerprint density at radius 2 is 2.16 bits per heavy atom. The van der Waals surface area contributed by atoms with E-state index in [0.29, 0.717) is 6.54 Å². The van der Waals surface area contributed by atoms with E-state index >= 15 is 0 Å². The summed E-state index contributed by atoms with van der Waals surface area (Å²) in [7, 11) is 0. The zero-order valence-electron chi connectivity index (χ0n) is 10.7. The smallest absolute Gasteiger partial charge is 0.292 e. The van der Waals surface area contributed by atoms with Gasteiger partial charge in [-0.05, 0) is 18.6 Å². The Morgan fingerprint density at radius 1 is 1.47 bits per heavy atom. The molecule has 1 amide bonds.